The van der Waals surface area contributed by atoms with E-state index in [9.17, 15) is 13.2 Å². The van der Waals surface area contributed by atoms with Crippen molar-refractivity contribution in [3.63, 3.8) is 0 Å². The monoisotopic (exact) mass is 571 g/mol. The second-order valence-corrected chi connectivity index (χ2v) is 11.9. The van der Waals surface area contributed by atoms with Gasteiger partial charge in [-0.2, -0.15) is 13.2 Å². The number of amidine groups is 1. The Balaban J connectivity index is 1.47. The molecule has 3 aliphatic rings. The van der Waals surface area contributed by atoms with Crippen LogP contribution in [-0.4, -0.2) is 70.0 Å². The Hall–Kier alpha value is -3.31. The zero-order chi connectivity index (χ0) is 29.4. The summed E-state index contributed by atoms with van der Waals surface area (Å²) in [4.78, 5) is 13.2. The molecule has 0 fully saturated rings. The first-order valence-electron chi connectivity index (χ1n) is 14.1. The molecule has 3 aliphatic heterocycles. The van der Waals surface area contributed by atoms with Gasteiger partial charge in [0.15, 0.2) is 0 Å². The third kappa shape index (κ3) is 6.16. The molecule has 0 spiro atoms. The van der Waals surface area contributed by atoms with Crippen molar-refractivity contribution in [1.82, 2.24) is 15.6 Å². The number of anilines is 3. The first kappa shape index (κ1) is 29.2. The van der Waals surface area contributed by atoms with Gasteiger partial charge in [0.25, 0.3) is 0 Å². The van der Waals surface area contributed by atoms with Gasteiger partial charge in [-0.25, -0.2) is 9.98 Å². The van der Waals surface area contributed by atoms with Gasteiger partial charge in [-0.1, -0.05) is 19.9 Å². The maximum atomic E-state index is 13.8. The number of halogens is 3. The number of fused-ring (bicyclic) bond motifs is 1. The molecule has 5 rings (SSSR count). The van der Waals surface area contributed by atoms with E-state index in [0.717, 1.165) is 41.8 Å². The minimum atomic E-state index is -4.49. The van der Waals surface area contributed by atoms with Gasteiger partial charge in [0.2, 0.25) is 0 Å². The fourth-order valence-electron chi connectivity index (χ4n) is 5.89. The highest BCUT2D eigenvalue weighted by atomic mass is 19.4. The first-order valence-corrected chi connectivity index (χ1v) is 14.1. The zero-order valence-electron chi connectivity index (χ0n) is 24.5. The second kappa shape index (κ2) is 11.2. The molecule has 0 bridgehead atoms. The normalized spacial score (nSPS) is 22.1. The van der Waals surface area contributed by atoms with Gasteiger partial charge in [0, 0.05) is 69.2 Å². The Morgan fingerprint density at radius 2 is 1.95 bits per heavy atom. The number of benzene rings is 1. The molecule has 41 heavy (non-hydrogen) atoms. The maximum absolute atomic E-state index is 13.8. The molecule has 1 atom stereocenters. The van der Waals surface area contributed by atoms with Crippen molar-refractivity contribution >= 4 is 23.0 Å². The van der Waals surface area contributed by atoms with Crippen LogP contribution < -0.4 is 25.8 Å². The van der Waals surface area contributed by atoms with E-state index in [1.54, 1.807) is 12.0 Å². The van der Waals surface area contributed by atoms with E-state index in [2.05, 4.69) is 64.9 Å². The number of aromatic nitrogens is 1. The Kier molecular flexibility index (Phi) is 7.95. The van der Waals surface area contributed by atoms with Crippen molar-refractivity contribution in [2.75, 3.05) is 68.6 Å². The van der Waals surface area contributed by atoms with Crippen molar-refractivity contribution in [1.29, 1.82) is 0 Å². The summed E-state index contributed by atoms with van der Waals surface area (Å²) in [6.07, 6.45) is -1.46. The molecule has 1 unspecified atom stereocenters. The maximum Gasteiger partial charge on any atom is 0.419 e. The molecule has 0 saturated heterocycles. The van der Waals surface area contributed by atoms with Crippen LogP contribution in [0.25, 0.3) is 0 Å². The molecular formula is C30H40F3N7O. The average molecular weight is 572 g/mol. The van der Waals surface area contributed by atoms with Gasteiger partial charge >= 0.3 is 6.18 Å². The Morgan fingerprint density at radius 1 is 1.15 bits per heavy atom. The van der Waals surface area contributed by atoms with Crippen LogP contribution in [0.2, 0.25) is 0 Å². The summed E-state index contributed by atoms with van der Waals surface area (Å²) < 4.78 is 46.6. The van der Waals surface area contributed by atoms with Gasteiger partial charge in [-0.05, 0) is 55.0 Å². The van der Waals surface area contributed by atoms with Crippen molar-refractivity contribution in [3.05, 3.63) is 58.9 Å². The summed E-state index contributed by atoms with van der Waals surface area (Å²) in [6.45, 7) is 9.92. The van der Waals surface area contributed by atoms with Crippen LogP contribution in [0.4, 0.5) is 30.4 Å². The van der Waals surface area contributed by atoms with Crippen LogP contribution in [-0.2, 0) is 16.3 Å². The number of rotatable bonds is 7. The third-order valence-electron chi connectivity index (χ3n) is 8.23. The lowest BCUT2D eigenvalue weighted by Gasteiger charge is -2.42. The predicted octanol–water partition coefficient (Wildman–Crippen LogP) is 4.75. The van der Waals surface area contributed by atoms with Crippen LogP contribution >= 0.6 is 0 Å². The van der Waals surface area contributed by atoms with Crippen molar-refractivity contribution < 1.29 is 17.9 Å². The average Bonchev–Trinajstić information content (AvgIpc) is 2.92. The highest BCUT2D eigenvalue weighted by Gasteiger charge is 2.39. The lowest BCUT2D eigenvalue weighted by Crippen LogP contribution is -2.55. The smallest absolute Gasteiger partial charge is 0.383 e. The molecular weight excluding hydrogens is 531 g/mol. The molecule has 0 saturated carbocycles. The molecule has 222 valence electrons. The molecule has 0 aliphatic carbocycles. The molecule has 1 aromatic carbocycles. The Labute approximate surface area is 240 Å². The molecule has 8 nitrogen and oxygen atoms in total. The number of methoxy groups -OCH3 is 1. The van der Waals surface area contributed by atoms with E-state index < -0.39 is 17.4 Å². The van der Waals surface area contributed by atoms with Crippen molar-refractivity contribution in [2.45, 2.75) is 50.9 Å². The summed E-state index contributed by atoms with van der Waals surface area (Å²) in [5, 5.41) is 10.5. The fourth-order valence-corrected chi connectivity index (χ4v) is 5.89. The van der Waals surface area contributed by atoms with Crippen LogP contribution in [0.1, 0.15) is 44.7 Å². The fraction of sp³-hybridized carbons (Fsp3) is 0.533. The van der Waals surface area contributed by atoms with E-state index in [1.807, 2.05) is 6.92 Å². The molecule has 11 heteroatoms. The molecule has 2 aromatic rings. The van der Waals surface area contributed by atoms with E-state index in [1.165, 1.54) is 23.5 Å². The summed E-state index contributed by atoms with van der Waals surface area (Å²) in [6, 6.07) is 8.88. The van der Waals surface area contributed by atoms with E-state index in [0.29, 0.717) is 32.7 Å². The minimum Gasteiger partial charge on any atom is -0.383 e. The standard InChI is InChI=1S/C30H40F3N7O/c1-28(2)11-15-39(4)25-17-20(8-9-22(25)28)36-26-21-10-14-40(27-23(30(31,32)33)7-6-12-35-27)18-24(21)37-29(3,38-26)19-34-13-16-41-5/h6-9,12,17,34,37H,10-11,13-16,18-19H2,1-5H3,(H,36,38). The molecule has 0 amide bonds. The lowest BCUT2D eigenvalue weighted by molar-refractivity contribution is -0.137. The van der Waals surface area contributed by atoms with Crippen molar-refractivity contribution in [3.8, 4) is 0 Å². The number of hydrogen-bond acceptors (Lipinski definition) is 8. The van der Waals surface area contributed by atoms with Crippen LogP contribution in [0.5, 0.6) is 0 Å². The number of ether oxygens (including phenoxy) is 1. The number of nitrogens with one attached hydrogen (secondary N) is 3. The van der Waals surface area contributed by atoms with Crippen LogP contribution in [0.15, 0.2) is 52.8 Å². The first-order chi connectivity index (χ1) is 19.4. The lowest BCUT2D eigenvalue weighted by atomic mass is 9.77. The van der Waals surface area contributed by atoms with E-state index >= 15 is 0 Å². The van der Waals surface area contributed by atoms with Gasteiger partial charge in [-0.3, -0.25) is 0 Å². The quantitative estimate of drug-likeness (QED) is 0.414. The molecule has 0 radical (unpaired) electrons. The van der Waals surface area contributed by atoms with Gasteiger partial charge in [0.05, 0.1) is 18.7 Å². The highest BCUT2D eigenvalue weighted by molar-refractivity contribution is 6.09. The van der Waals surface area contributed by atoms with Crippen molar-refractivity contribution in [2.24, 2.45) is 4.99 Å². The zero-order valence-corrected chi connectivity index (χ0v) is 24.5. The summed E-state index contributed by atoms with van der Waals surface area (Å²) in [5.74, 6) is 0.690. The summed E-state index contributed by atoms with van der Waals surface area (Å²) >= 11 is 0. The Bertz CT molecular complexity index is 1340. The second-order valence-electron chi connectivity index (χ2n) is 11.9. The number of pyridine rings is 1. The third-order valence-corrected chi connectivity index (χ3v) is 8.23. The van der Waals surface area contributed by atoms with E-state index in [4.69, 9.17) is 9.73 Å². The Morgan fingerprint density at radius 3 is 2.71 bits per heavy atom. The SMILES string of the molecule is COCCNCC1(C)N=C(Nc2ccc3c(c2)N(C)CCC3(C)C)C2=C(CN(c3ncccc3C(F)(F)F)CC2)N1. The number of alkyl halides is 3. The van der Waals surface area contributed by atoms with Gasteiger partial charge in [0.1, 0.15) is 17.3 Å². The van der Waals surface area contributed by atoms with Gasteiger partial charge in [-0.15, -0.1) is 0 Å². The van der Waals surface area contributed by atoms with Crippen LogP contribution in [0.3, 0.4) is 0 Å². The number of hydrogen-bond donors (Lipinski definition) is 3. The van der Waals surface area contributed by atoms with E-state index in [-0.39, 0.29) is 17.8 Å². The van der Waals surface area contributed by atoms with Crippen LogP contribution in [0, 0.1) is 0 Å². The predicted molar refractivity (Wildman–Crippen MR) is 158 cm³/mol. The van der Waals surface area contributed by atoms with Gasteiger partial charge < -0.3 is 30.5 Å². The molecule has 4 heterocycles. The number of aliphatic imine (C=N–C) groups is 1. The highest BCUT2D eigenvalue weighted by Crippen LogP contribution is 2.41. The topological polar surface area (TPSA) is 77.1 Å². The molecule has 3 N–H and O–H groups in total. The largest absolute Gasteiger partial charge is 0.419 e. The minimum absolute atomic E-state index is 0.0503. The molecule has 1 aromatic heterocycles. The summed E-state index contributed by atoms with van der Waals surface area (Å²) in [5.41, 5.74) is 3.93. The number of nitrogens with zero attached hydrogens (tertiary/aromatic N) is 4. The summed E-state index contributed by atoms with van der Waals surface area (Å²) in [7, 11) is 3.77.